The Morgan fingerprint density at radius 2 is 2.05 bits per heavy atom. The summed E-state index contributed by atoms with van der Waals surface area (Å²) in [6.45, 7) is 6.77. The molecule has 0 N–H and O–H groups in total. The molecule has 1 aliphatic rings. The van der Waals surface area contributed by atoms with Gasteiger partial charge in [0.1, 0.15) is 0 Å². The highest BCUT2D eigenvalue weighted by atomic mass is 79.9. The molecule has 1 aliphatic heterocycles. The Morgan fingerprint density at radius 1 is 1.40 bits per heavy atom. The first kappa shape index (κ1) is 15.5. The fraction of sp³-hybridized carbons (Fsp3) is 0.467. The molecular weight excluding hydrogens is 342 g/mol. The van der Waals surface area contributed by atoms with Crippen molar-refractivity contribution >= 4 is 39.3 Å². The van der Waals surface area contributed by atoms with Crippen LogP contribution >= 0.6 is 27.5 Å². The van der Waals surface area contributed by atoms with Crippen LogP contribution in [-0.4, -0.2) is 23.3 Å². The van der Waals surface area contributed by atoms with Crippen LogP contribution in [0.5, 0.6) is 0 Å². The van der Waals surface area contributed by atoms with Gasteiger partial charge in [-0.1, -0.05) is 32.4 Å². The molecule has 1 fully saturated rings. The molecule has 0 spiro atoms. The van der Waals surface area contributed by atoms with Crippen molar-refractivity contribution in [2.24, 2.45) is 11.3 Å². The van der Waals surface area contributed by atoms with E-state index in [4.69, 9.17) is 11.6 Å². The van der Waals surface area contributed by atoms with Crippen molar-refractivity contribution in [3.05, 3.63) is 33.3 Å². The minimum Gasteiger partial charge on any atom is -0.278 e. The molecule has 0 saturated carbocycles. The Morgan fingerprint density at radius 3 is 2.55 bits per heavy atom. The summed E-state index contributed by atoms with van der Waals surface area (Å²) in [5.74, 6) is -0.144. The van der Waals surface area contributed by atoms with Gasteiger partial charge in [0, 0.05) is 23.0 Å². The number of carbonyl (C=O) groups is 2. The molecule has 108 valence electrons. The first-order valence-corrected chi connectivity index (χ1v) is 7.67. The van der Waals surface area contributed by atoms with E-state index < -0.39 is 0 Å². The smallest absolute Gasteiger partial charge is 0.260 e. The monoisotopic (exact) mass is 357 g/mol. The van der Waals surface area contributed by atoms with Gasteiger partial charge >= 0.3 is 0 Å². The lowest BCUT2D eigenvalue weighted by atomic mass is 9.80. The molecule has 2 amide bonds. The number of amides is 2. The lowest BCUT2D eigenvalue weighted by molar-refractivity contribution is -0.125. The topological polar surface area (TPSA) is 37.4 Å². The third-order valence-electron chi connectivity index (χ3n) is 3.76. The molecule has 0 aliphatic carbocycles. The number of benzene rings is 1. The summed E-state index contributed by atoms with van der Waals surface area (Å²) in [6.07, 6.45) is 0.435. The van der Waals surface area contributed by atoms with E-state index in [9.17, 15) is 9.59 Å². The maximum absolute atomic E-state index is 12.4. The number of halogens is 2. The molecule has 1 unspecified atom stereocenters. The van der Waals surface area contributed by atoms with Gasteiger partial charge in [0.2, 0.25) is 5.91 Å². The van der Waals surface area contributed by atoms with Gasteiger partial charge in [0.05, 0.1) is 5.02 Å². The zero-order valence-corrected chi connectivity index (χ0v) is 14.1. The van der Waals surface area contributed by atoms with Gasteiger partial charge in [-0.05, 0) is 45.5 Å². The first-order valence-electron chi connectivity index (χ1n) is 6.50. The molecule has 0 aromatic heterocycles. The predicted octanol–water partition coefficient (Wildman–Crippen LogP) is 4.14. The summed E-state index contributed by atoms with van der Waals surface area (Å²) in [6, 6.07) is 4.95. The molecule has 5 heteroatoms. The van der Waals surface area contributed by atoms with Crippen LogP contribution in [0.4, 0.5) is 0 Å². The minimum absolute atomic E-state index is 0.0191. The molecule has 3 nitrogen and oxygen atoms in total. The zero-order chi connectivity index (χ0) is 15.1. The Hall–Kier alpha value is -0.870. The van der Waals surface area contributed by atoms with Gasteiger partial charge in [-0.2, -0.15) is 0 Å². The standard InChI is InChI=1S/C15H17BrClNO2/c1-15(2,3)10-7-13(19)18(8-10)14(20)9-4-5-12(17)11(16)6-9/h4-6,10H,7-8H2,1-3H3. The van der Waals surface area contributed by atoms with E-state index in [1.165, 1.54) is 4.90 Å². The quantitative estimate of drug-likeness (QED) is 0.708. The van der Waals surface area contributed by atoms with E-state index in [2.05, 4.69) is 36.7 Å². The van der Waals surface area contributed by atoms with Crippen molar-refractivity contribution < 1.29 is 9.59 Å². The Labute approximate surface area is 132 Å². The Balaban J connectivity index is 2.21. The van der Waals surface area contributed by atoms with E-state index in [1.54, 1.807) is 18.2 Å². The number of imide groups is 1. The molecule has 20 heavy (non-hydrogen) atoms. The minimum atomic E-state index is -0.251. The molecule has 1 aromatic rings. The van der Waals surface area contributed by atoms with E-state index in [-0.39, 0.29) is 23.1 Å². The lowest BCUT2D eigenvalue weighted by Crippen LogP contribution is -2.33. The average Bonchev–Trinajstić information content (AvgIpc) is 2.74. The van der Waals surface area contributed by atoms with Gasteiger partial charge in [0.15, 0.2) is 0 Å². The largest absolute Gasteiger partial charge is 0.278 e. The van der Waals surface area contributed by atoms with Crippen LogP contribution in [-0.2, 0) is 4.79 Å². The highest BCUT2D eigenvalue weighted by molar-refractivity contribution is 9.10. The zero-order valence-electron chi connectivity index (χ0n) is 11.7. The van der Waals surface area contributed by atoms with Crippen molar-refractivity contribution in [2.75, 3.05) is 6.54 Å². The molecule has 1 atom stereocenters. The molecule has 2 rings (SSSR count). The van der Waals surface area contributed by atoms with Crippen LogP contribution < -0.4 is 0 Å². The molecular formula is C15H17BrClNO2. The van der Waals surface area contributed by atoms with E-state index in [0.29, 0.717) is 28.0 Å². The maximum Gasteiger partial charge on any atom is 0.260 e. The van der Waals surface area contributed by atoms with Gasteiger partial charge in [0.25, 0.3) is 5.91 Å². The summed E-state index contributed by atoms with van der Waals surface area (Å²) in [4.78, 5) is 25.9. The SMILES string of the molecule is CC(C)(C)C1CC(=O)N(C(=O)c2ccc(Cl)c(Br)c2)C1. The number of hydrogen-bond donors (Lipinski definition) is 0. The molecule has 0 bridgehead atoms. The van der Waals surface area contributed by atoms with Crippen LogP contribution in [0.3, 0.4) is 0 Å². The third-order valence-corrected chi connectivity index (χ3v) is 4.98. The normalized spacial score (nSPS) is 19.6. The number of likely N-dealkylation sites (tertiary alicyclic amines) is 1. The fourth-order valence-corrected chi connectivity index (χ4v) is 2.77. The average molecular weight is 359 g/mol. The second kappa shape index (κ2) is 5.49. The van der Waals surface area contributed by atoms with Crippen LogP contribution in [0, 0.1) is 11.3 Å². The highest BCUT2D eigenvalue weighted by Crippen LogP contribution is 2.35. The summed E-state index contributed by atoms with van der Waals surface area (Å²) in [5, 5.41) is 0.543. The second-order valence-corrected chi connectivity index (χ2v) is 7.47. The van der Waals surface area contributed by atoms with Gasteiger partial charge in [-0.3, -0.25) is 14.5 Å². The highest BCUT2D eigenvalue weighted by Gasteiger charge is 2.39. The van der Waals surface area contributed by atoms with E-state index >= 15 is 0 Å². The number of hydrogen-bond acceptors (Lipinski definition) is 2. The van der Waals surface area contributed by atoms with Crippen LogP contribution in [0.15, 0.2) is 22.7 Å². The van der Waals surface area contributed by atoms with Crippen molar-refractivity contribution in [1.82, 2.24) is 4.90 Å². The van der Waals surface area contributed by atoms with Crippen LogP contribution in [0.1, 0.15) is 37.6 Å². The van der Waals surface area contributed by atoms with Crippen molar-refractivity contribution in [1.29, 1.82) is 0 Å². The van der Waals surface area contributed by atoms with Gasteiger partial charge in [-0.15, -0.1) is 0 Å². The van der Waals surface area contributed by atoms with Gasteiger partial charge in [-0.25, -0.2) is 0 Å². The van der Waals surface area contributed by atoms with E-state index in [1.807, 2.05) is 0 Å². The summed E-state index contributed by atoms with van der Waals surface area (Å²) in [5.41, 5.74) is 0.495. The van der Waals surface area contributed by atoms with Crippen molar-refractivity contribution in [2.45, 2.75) is 27.2 Å². The summed E-state index contributed by atoms with van der Waals surface area (Å²) >= 11 is 9.21. The van der Waals surface area contributed by atoms with E-state index in [0.717, 1.165) is 0 Å². The third kappa shape index (κ3) is 3.07. The molecule has 1 heterocycles. The fourth-order valence-electron chi connectivity index (χ4n) is 2.27. The second-order valence-electron chi connectivity index (χ2n) is 6.21. The van der Waals surface area contributed by atoms with Crippen molar-refractivity contribution in [3.63, 3.8) is 0 Å². The number of rotatable bonds is 1. The molecule has 0 radical (unpaired) electrons. The van der Waals surface area contributed by atoms with Crippen molar-refractivity contribution in [3.8, 4) is 0 Å². The number of nitrogens with zero attached hydrogens (tertiary/aromatic N) is 1. The maximum atomic E-state index is 12.4. The summed E-state index contributed by atoms with van der Waals surface area (Å²) in [7, 11) is 0. The van der Waals surface area contributed by atoms with Gasteiger partial charge < -0.3 is 0 Å². The lowest BCUT2D eigenvalue weighted by Gasteiger charge is -2.26. The number of carbonyl (C=O) groups excluding carboxylic acids is 2. The Kier molecular flexibility index (Phi) is 4.26. The molecule has 1 aromatic carbocycles. The van der Waals surface area contributed by atoms with Crippen LogP contribution in [0.25, 0.3) is 0 Å². The molecule has 1 saturated heterocycles. The summed E-state index contributed by atoms with van der Waals surface area (Å²) < 4.78 is 0.657. The Bertz CT molecular complexity index is 565. The predicted molar refractivity (Wildman–Crippen MR) is 82.8 cm³/mol. The van der Waals surface area contributed by atoms with Crippen LogP contribution in [0.2, 0.25) is 5.02 Å². The first-order chi connectivity index (χ1) is 9.20.